The molecule has 1 aliphatic heterocycles. The first-order chi connectivity index (χ1) is 20.4. The minimum atomic E-state index is -0.916. The fraction of sp³-hybridized carbons (Fsp3) is 0.345. The van der Waals surface area contributed by atoms with Crippen molar-refractivity contribution in [3.05, 3.63) is 82.2 Å². The van der Waals surface area contributed by atoms with E-state index in [2.05, 4.69) is 36.3 Å². The summed E-state index contributed by atoms with van der Waals surface area (Å²) in [6.45, 7) is 2.19. The smallest absolute Gasteiger partial charge is 0.270 e. The molecule has 0 saturated heterocycles. The lowest BCUT2D eigenvalue weighted by molar-refractivity contribution is -0.130. The maximum Gasteiger partial charge on any atom is 0.270 e. The first-order valence-electron chi connectivity index (χ1n) is 13.9. The first-order valence-corrected chi connectivity index (χ1v) is 14.8. The topological polar surface area (TPSA) is 159 Å². The summed E-state index contributed by atoms with van der Waals surface area (Å²) in [7, 11) is 0. The zero-order valence-corrected chi connectivity index (χ0v) is 23.9. The van der Waals surface area contributed by atoms with Gasteiger partial charge in [-0.3, -0.25) is 19.2 Å². The summed E-state index contributed by atoms with van der Waals surface area (Å²) in [5, 5.41) is 17.9. The van der Waals surface area contributed by atoms with Gasteiger partial charge in [0.15, 0.2) is 5.65 Å². The number of thiazole rings is 1. The highest BCUT2D eigenvalue weighted by Crippen LogP contribution is 2.23. The average molecular weight is 589 g/mol. The molecule has 3 aromatic heterocycles. The number of nitrogens with zero attached hydrogens (tertiary/aromatic N) is 4. The van der Waals surface area contributed by atoms with Crippen LogP contribution in [0.5, 0.6) is 0 Å². The maximum atomic E-state index is 13.5. The number of carbonyl (C=O) groups excluding carboxylic acids is 4. The van der Waals surface area contributed by atoms with Gasteiger partial charge in [-0.1, -0.05) is 43.3 Å². The minimum absolute atomic E-state index is 0.229. The molecule has 1 aliphatic rings. The van der Waals surface area contributed by atoms with Crippen molar-refractivity contribution in [1.29, 1.82) is 0 Å². The maximum absolute atomic E-state index is 13.5. The van der Waals surface area contributed by atoms with E-state index in [0.717, 1.165) is 5.56 Å². The molecule has 12 nitrogen and oxygen atoms in total. The van der Waals surface area contributed by atoms with Crippen LogP contribution in [0.1, 0.15) is 70.2 Å². The molecule has 0 spiro atoms. The van der Waals surface area contributed by atoms with Crippen molar-refractivity contribution >= 4 is 40.6 Å². The predicted molar refractivity (Wildman–Crippen MR) is 156 cm³/mol. The highest BCUT2D eigenvalue weighted by Gasteiger charge is 2.29. The number of nitrogens with one attached hydrogen (secondary N) is 4. The molecular weight excluding hydrogens is 556 g/mol. The van der Waals surface area contributed by atoms with Crippen molar-refractivity contribution in [2.75, 3.05) is 6.54 Å². The SMILES string of the molecule is CC[C@H]1NC(=O)[C@@H](NC(=O)c2cccc3ncnn23)CCCCNC(=O)c2csc(n2)[C@H](Cc2ccccc2)NC1=O. The van der Waals surface area contributed by atoms with E-state index in [1.165, 1.54) is 22.2 Å². The van der Waals surface area contributed by atoms with E-state index in [-0.39, 0.29) is 17.5 Å². The van der Waals surface area contributed by atoms with Gasteiger partial charge in [-0.25, -0.2) is 14.5 Å². The third-order valence-electron chi connectivity index (χ3n) is 7.05. The van der Waals surface area contributed by atoms with E-state index >= 15 is 0 Å². The van der Waals surface area contributed by atoms with Crippen LogP contribution >= 0.6 is 11.3 Å². The van der Waals surface area contributed by atoms with Gasteiger partial charge in [-0.15, -0.1) is 11.3 Å². The average Bonchev–Trinajstić information content (AvgIpc) is 3.69. The lowest BCUT2D eigenvalue weighted by Gasteiger charge is -2.25. The van der Waals surface area contributed by atoms with Crippen LogP contribution in [0.3, 0.4) is 0 Å². The molecule has 0 unspecified atom stereocenters. The highest BCUT2D eigenvalue weighted by molar-refractivity contribution is 7.09. The summed E-state index contributed by atoms with van der Waals surface area (Å²) in [6, 6.07) is 12.4. The van der Waals surface area contributed by atoms with E-state index < -0.39 is 29.9 Å². The van der Waals surface area contributed by atoms with E-state index in [0.29, 0.717) is 55.0 Å². The van der Waals surface area contributed by atoms with Crippen LogP contribution in [0.2, 0.25) is 0 Å². The lowest BCUT2D eigenvalue weighted by Crippen LogP contribution is -2.54. The van der Waals surface area contributed by atoms with Crippen LogP contribution in [-0.2, 0) is 16.0 Å². The number of carbonyl (C=O) groups is 4. The van der Waals surface area contributed by atoms with Crippen molar-refractivity contribution in [3.8, 4) is 0 Å². The molecule has 4 aromatic rings. The fourth-order valence-electron chi connectivity index (χ4n) is 4.78. The van der Waals surface area contributed by atoms with Gasteiger partial charge in [-0.2, -0.15) is 5.10 Å². The van der Waals surface area contributed by atoms with Crippen LogP contribution < -0.4 is 21.3 Å². The van der Waals surface area contributed by atoms with Crippen molar-refractivity contribution in [3.63, 3.8) is 0 Å². The van der Waals surface area contributed by atoms with Gasteiger partial charge in [0, 0.05) is 11.9 Å². The second kappa shape index (κ2) is 13.3. The third kappa shape index (κ3) is 6.79. The Kier molecular flexibility index (Phi) is 9.17. The zero-order chi connectivity index (χ0) is 29.5. The van der Waals surface area contributed by atoms with Crippen LogP contribution in [0.15, 0.2) is 60.2 Å². The van der Waals surface area contributed by atoms with Crippen molar-refractivity contribution in [1.82, 2.24) is 40.8 Å². The van der Waals surface area contributed by atoms with Gasteiger partial charge < -0.3 is 21.3 Å². The number of pyridine rings is 1. The second-order valence-electron chi connectivity index (χ2n) is 10.0. The molecule has 218 valence electrons. The number of amides is 4. The van der Waals surface area contributed by atoms with Gasteiger partial charge >= 0.3 is 0 Å². The molecule has 13 heteroatoms. The summed E-state index contributed by atoms with van der Waals surface area (Å²) in [6.07, 6.45) is 3.56. The Hall–Kier alpha value is -4.65. The van der Waals surface area contributed by atoms with Gasteiger partial charge in [0.25, 0.3) is 11.8 Å². The molecule has 0 saturated carbocycles. The quantitative estimate of drug-likeness (QED) is 0.278. The molecule has 0 aliphatic carbocycles. The van der Waals surface area contributed by atoms with Crippen LogP contribution in [-0.4, -0.2) is 61.8 Å². The Labute approximate surface area is 246 Å². The number of hydrogen-bond donors (Lipinski definition) is 4. The molecule has 4 amide bonds. The van der Waals surface area contributed by atoms with Gasteiger partial charge in [0.1, 0.15) is 34.8 Å². The molecule has 0 fully saturated rings. The summed E-state index contributed by atoms with van der Waals surface area (Å²) >= 11 is 1.31. The molecule has 5 rings (SSSR count). The largest absolute Gasteiger partial charge is 0.351 e. The Morgan fingerprint density at radius 1 is 1.02 bits per heavy atom. The van der Waals surface area contributed by atoms with E-state index in [9.17, 15) is 19.2 Å². The Balaban J connectivity index is 1.38. The number of hydrogen-bond acceptors (Lipinski definition) is 8. The standard InChI is InChI=1S/C29H32N8O4S/c1-2-19-26(39)35-21(15-18-9-4-3-5-10-18)29-36-22(16-42-29)25(38)30-14-7-6-11-20(27(40)33-19)34-28(41)23-12-8-13-24-31-17-32-37(23)24/h3-5,8-10,12-13,16-17,19-21H,2,6-7,11,14-15H2,1H3,(H,30,38)(H,33,40)(H,34,41)(H,35,39)/t19-,20+,21+/m1/s1. The number of fused-ring (bicyclic) bond motifs is 3. The van der Waals surface area contributed by atoms with E-state index in [1.54, 1.807) is 30.5 Å². The monoisotopic (exact) mass is 588 g/mol. The van der Waals surface area contributed by atoms with Gasteiger partial charge in [-0.05, 0) is 49.8 Å². The highest BCUT2D eigenvalue weighted by atomic mass is 32.1. The normalized spacial score (nSPS) is 20.4. The molecule has 42 heavy (non-hydrogen) atoms. The predicted octanol–water partition coefficient (Wildman–Crippen LogP) is 2.19. The van der Waals surface area contributed by atoms with Gasteiger partial charge in [0.2, 0.25) is 11.8 Å². The Morgan fingerprint density at radius 3 is 2.64 bits per heavy atom. The summed E-state index contributed by atoms with van der Waals surface area (Å²) in [5.74, 6) is -1.64. The van der Waals surface area contributed by atoms with Crippen molar-refractivity contribution < 1.29 is 19.2 Å². The molecule has 2 bridgehead atoms. The number of benzene rings is 1. The van der Waals surface area contributed by atoms with Gasteiger partial charge in [0.05, 0.1) is 6.04 Å². The van der Waals surface area contributed by atoms with E-state index in [4.69, 9.17) is 0 Å². The van der Waals surface area contributed by atoms with Crippen LogP contribution in [0.25, 0.3) is 5.65 Å². The molecular formula is C29H32N8O4S. The van der Waals surface area contributed by atoms with Crippen LogP contribution in [0.4, 0.5) is 0 Å². The van der Waals surface area contributed by atoms with E-state index in [1.807, 2.05) is 30.3 Å². The minimum Gasteiger partial charge on any atom is -0.351 e. The molecule has 3 atom stereocenters. The number of rotatable bonds is 5. The van der Waals surface area contributed by atoms with Crippen LogP contribution in [0, 0.1) is 0 Å². The molecule has 4 N–H and O–H groups in total. The molecule has 4 heterocycles. The summed E-state index contributed by atoms with van der Waals surface area (Å²) in [5.41, 5.74) is 2.01. The molecule has 0 radical (unpaired) electrons. The Morgan fingerprint density at radius 2 is 1.83 bits per heavy atom. The second-order valence-corrected chi connectivity index (χ2v) is 10.9. The third-order valence-corrected chi connectivity index (χ3v) is 8.01. The molecule has 1 aromatic carbocycles. The number of aromatic nitrogens is 4. The Bertz CT molecular complexity index is 1570. The summed E-state index contributed by atoms with van der Waals surface area (Å²) in [4.78, 5) is 61.7. The fourth-order valence-corrected chi connectivity index (χ4v) is 5.63. The van der Waals surface area contributed by atoms with Crippen molar-refractivity contribution in [2.45, 2.75) is 57.2 Å². The summed E-state index contributed by atoms with van der Waals surface area (Å²) < 4.78 is 1.40. The van der Waals surface area contributed by atoms with Crippen molar-refractivity contribution in [2.24, 2.45) is 0 Å². The zero-order valence-electron chi connectivity index (χ0n) is 23.1. The lowest BCUT2D eigenvalue weighted by atomic mass is 10.0. The first kappa shape index (κ1) is 28.9.